The van der Waals surface area contributed by atoms with Crippen molar-refractivity contribution >= 4 is 18.4 Å². The van der Waals surface area contributed by atoms with E-state index in [9.17, 15) is 0 Å². The number of ether oxygens (including phenoxy) is 2. The van der Waals surface area contributed by atoms with Crippen LogP contribution in [0.4, 0.5) is 0 Å². The Balaban J connectivity index is 2.48. The van der Waals surface area contributed by atoms with E-state index in [4.69, 9.17) is 9.47 Å². The van der Waals surface area contributed by atoms with Gasteiger partial charge in [0.15, 0.2) is 8.07 Å². The molecule has 21 heavy (non-hydrogen) atoms. The predicted octanol–water partition coefficient (Wildman–Crippen LogP) is 2.40. The maximum atomic E-state index is 5.89. The van der Waals surface area contributed by atoms with Crippen LogP contribution in [0.3, 0.4) is 0 Å². The van der Waals surface area contributed by atoms with Gasteiger partial charge in [-0.2, -0.15) is 0 Å². The third-order valence-electron chi connectivity index (χ3n) is 3.76. The van der Waals surface area contributed by atoms with E-state index in [1.54, 1.807) is 0 Å². The SMILES string of the molecule is CCOC[Si](COCC)(c1ccccc1)c1ccccc1. The van der Waals surface area contributed by atoms with Crippen LogP contribution in [-0.4, -0.2) is 33.7 Å². The maximum Gasteiger partial charge on any atom is 0.171 e. The molecule has 2 aromatic rings. The van der Waals surface area contributed by atoms with Crippen molar-refractivity contribution in [2.75, 3.05) is 25.7 Å². The lowest BCUT2D eigenvalue weighted by molar-refractivity contribution is 0.166. The molecule has 0 radical (unpaired) electrons. The Bertz CT molecular complexity index is 464. The summed E-state index contributed by atoms with van der Waals surface area (Å²) < 4.78 is 11.8. The van der Waals surface area contributed by atoms with Crippen molar-refractivity contribution in [3.63, 3.8) is 0 Å². The van der Waals surface area contributed by atoms with Crippen molar-refractivity contribution in [2.24, 2.45) is 0 Å². The fraction of sp³-hybridized carbons (Fsp3) is 0.333. The fourth-order valence-electron chi connectivity index (χ4n) is 2.61. The van der Waals surface area contributed by atoms with E-state index in [1.807, 2.05) is 0 Å². The maximum absolute atomic E-state index is 5.89. The van der Waals surface area contributed by atoms with Crippen molar-refractivity contribution < 1.29 is 9.47 Å². The van der Waals surface area contributed by atoms with Gasteiger partial charge in [-0.15, -0.1) is 0 Å². The minimum absolute atomic E-state index is 0.737. The Kier molecular flexibility index (Phi) is 6.17. The monoisotopic (exact) mass is 300 g/mol. The van der Waals surface area contributed by atoms with Gasteiger partial charge in [0.1, 0.15) is 0 Å². The van der Waals surface area contributed by atoms with Gasteiger partial charge in [0, 0.05) is 13.2 Å². The quantitative estimate of drug-likeness (QED) is 0.697. The zero-order valence-electron chi connectivity index (χ0n) is 12.9. The Morgan fingerprint density at radius 1 is 0.667 bits per heavy atom. The molecule has 0 saturated carbocycles. The van der Waals surface area contributed by atoms with Crippen LogP contribution in [-0.2, 0) is 9.47 Å². The Morgan fingerprint density at radius 2 is 1.05 bits per heavy atom. The van der Waals surface area contributed by atoms with Gasteiger partial charge in [-0.3, -0.25) is 0 Å². The highest BCUT2D eigenvalue weighted by Gasteiger charge is 2.38. The highest BCUT2D eigenvalue weighted by Crippen LogP contribution is 2.08. The molecule has 112 valence electrons. The Morgan fingerprint density at radius 3 is 1.38 bits per heavy atom. The number of hydrogen-bond donors (Lipinski definition) is 0. The van der Waals surface area contributed by atoms with E-state index >= 15 is 0 Å². The van der Waals surface area contributed by atoms with Gasteiger partial charge in [-0.25, -0.2) is 0 Å². The molecule has 0 saturated heterocycles. The molecule has 0 unspecified atom stereocenters. The van der Waals surface area contributed by atoms with Gasteiger partial charge in [0.25, 0.3) is 0 Å². The van der Waals surface area contributed by atoms with Crippen molar-refractivity contribution in [2.45, 2.75) is 13.8 Å². The molecule has 0 aliphatic heterocycles. The molecule has 2 nitrogen and oxygen atoms in total. The van der Waals surface area contributed by atoms with Crippen molar-refractivity contribution in [3.05, 3.63) is 60.7 Å². The summed E-state index contributed by atoms with van der Waals surface area (Å²) in [6.07, 6.45) is 1.52. The van der Waals surface area contributed by atoms with E-state index in [-0.39, 0.29) is 0 Å². The lowest BCUT2D eigenvalue weighted by atomic mass is 10.4. The first-order chi connectivity index (χ1) is 10.3. The van der Waals surface area contributed by atoms with Gasteiger partial charge in [-0.05, 0) is 24.2 Å². The molecular formula is C18H24O2Si. The van der Waals surface area contributed by atoms with Crippen LogP contribution >= 0.6 is 0 Å². The van der Waals surface area contributed by atoms with E-state index in [1.165, 1.54) is 10.4 Å². The van der Waals surface area contributed by atoms with Crippen molar-refractivity contribution in [3.8, 4) is 0 Å². The minimum Gasteiger partial charge on any atom is -0.384 e. The molecule has 3 heteroatoms. The summed E-state index contributed by atoms with van der Waals surface area (Å²) in [6, 6.07) is 21.4. The summed E-state index contributed by atoms with van der Waals surface area (Å²) in [5.74, 6) is 0. The highest BCUT2D eigenvalue weighted by atomic mass is 28.3. The van der Waals surface area contributed by atoms with Crippen LogP contribution in [0.15, 0.2) is 60.7 Å². The molecule has 0 atom stereocenters. The topological polar surface area (TPSA) is 18.5 Å². The van der Waals surface area contributed by atoms with Gasteiger partial charge in [-0.1, -0.05) is 60.7 Å². The van der Waals surface area contributed by atoms with Crippen LogP contribution in [0.1, 0.15) is 13.8 Å². The summed E-state index contributed by atoms with van der Waals surface area (Å²) in [5, 5.41) is 2.75. The number of hydrogen-bond acceptors (Lipinski definition) is 2. The largest absolute Gasteiger partial charge is 0.384 e. The van der Waals surface area contributed by atoms with Crippen molar-refractivity contribution in [1.82, 2.24) is 0 Å². The van der Waals surface area contributed by atoms with E-state index in [0.29, 0.717) is 0 Å². The van der Waals surface area contributed by atoms with Crippen LogP contribution < -0.4 is 10.4 Å². The van der Waals surface area contributed by atoms with Gasteiger partial charge >= 0.3 is 0 Å². The van der Waals surface area contributed by atoms with Crippen LogP contribution in [0.25, 0.3) is 0 Å². The fourth-order valence-corrected chi connectivity index (χ4v) is 6.46. The van der Waals surface area contributed by atoms with Crippen LogP contribution in [0, 0.1) is 0 Å². The summed E-state index contributed by atoms with van der Waals surface area (Å²) >= 11 is 0. The first kappa shape index (κ1) is 16.0. The predicted molar refractivity (Wildman–Crippen MR) is 90.9 cm³/mol. The van der Waals surface area contributed by atoms with E-state index in [0.717, 1.165) is 25.7 Å². The van der Waals surface area contributed by atoms with Gasteiger partial charge < -0.3 is 9.47 Å². The Labute approximate surface area is 128 Å². The summed E-state index contributed by atoms with van der Waals surface area (Å²) in [7, 11) is -2.03. The smallest absolute Gasteiger partial charge is 0.171 e. The molecule has 0 bridgehead atoms. The lowest BCUT2D eigenvalue weighted by Gasteiger charge is -2.32. The molecule has 2 aromatic carbocycles. The minimum atomic E-state index is -2.03. The van der Waals surface area contributed by atoms with E-state index in [2.05, 4.69) is 74.5 Å². The molecule has 0 N–H and O–H groups in total. The molecule has 0 aliphatic rings. The lowest BCUT2D eigenvalue weighted by Crippen LogP contribution is -2.65. The summed E-state index contributed by atoms with van der Waals surface area (Å²) in [6.45, 7) is 5.58. The molecule has 0 aromatic heterocycles. The van der Waals surface area contributed by atoms with E-state index < -0.39 is 8.07 Å². The first-order valence-corrected chi connectivity index (χ1v) is 10.0. The van der Waals surface area contributed by atoms with Crippen molar-refractivity contribution in [1.29, 1.82) is 0 Å². The standard InChI is InChI=1S/C18H24O2Si/c1-3-19-15-21(16-20-4-2,17-11-7-5-8-12-17)18-13-9-6-10-14-18/h5-14H,3-4,15-16H2,1-2H3. The second-order valence-corrected chi connectivity index (χ2v) is 8.98. The third kappa shape index (κ3) is 3.82. The average molecular weight is 300 g/mol. The molecule has 0 amide bonds. The molecule has 0 heterocycles. The third-order valence-corrected chi connectivity index (χ3v) is 8.03. The summed E-state index contributed by atoms with van der Waals surface area (Å²) in [4.78, 5) is 0. The molecular weight excluding hydrogens is 276 g/mol. The molecule has 0 fully saturated rings. The second kappa shape index (κ2) is 8.13. The Hall–Kier alpha value is -1.42. The zero-order valence-corrected chi connectivity index (χ0v) is 13.9. The molecule has 0 aliphatic carbocycles. The normalized spacial score (nSPS) is 11.5. The molecule has 2 rings (SSSR count). The first-order valence-electron chi connectivity index (χ1n) is 7.60. The van der Waals surface area contributed by atoms with Crippen LogP contribution in [0.2, 0.25) is 0 Å². The average Bonchev–Trinajstić information content (AvgIpc) is 2.57. The van der Waals surface area contributed by atoms with Gasteiger partial charge in [0.2, 0.25) is 0 Å². The molecule has 0 spiro atoms. The highest BCUT2D eigenvalue weighted by molar-refractivity contribution is 7.02. The summed E-state index contributed by atoms with van der Waals surface area (Å²) in [5.41, 5.74) is 0. The number of rotatable bonds is 8. The zero-order chi connectivity index (χ0) is 15.0. The van der Waals surface area contributed by atoms with Crippen LogP contribution in [0.5, 0.6) is 0 Å². The second-order valence-electron chi connectivity index (χ2n) is 5.09. The van der Waals surface area contributed by atoms with Gasteiger partial charge in [0.05, 0.1) is 12.5 Å². The number of benzene rings is 2.